The molecule has 2 rings (SSSR count). The fourth-order valence-corrected chi connectivity index (χ4v) is 2.65. The molecule has 1 saturated heterocycles. The van der Waals surface area contributed by atoms with Crippen LogP contribution >= 0.6 is 0 Å². The third-order valence-corrected chi connectivity index (χ3v) is 3.80. The van der Waals surface area contributed by atoms with E-state index in [0.717, 1.165) is 19.6 Å². The Hall–Kier alpha value is -1.59. The summed E-state index contributed by atoms with van der Waals surface area (Å²) in [6.45, 7) is 3.30. The number of aliphatic hydroxyl groups excluding tert-OH is 1. The van der Waals surface area contributed by atoms with Gasteiger partial charge in [-0.25, -0.2) is 4.79 Å². The standard InChI is InChI=1S/C16H23NO4/c1-20-16(19)13-5-7-15(8-6-13)21-12-14(18)11-17-9-3-2-4-10-17/h5-8,14,18H,2-4,9-12H2,1H3/p+1. The number of hydrogen-bond acceptors (Lipinski definition) is 4. The average Bonchev–Trinajstić information content (AvgIpc) is 2.53. The number of hydrogen-bond donors (Lipinski definition) is 2. The number of benzene rings is 1. The fourth-order valence-electron chi connectivity index (χ4n) is 2.65. The van der Waals surface area contributed by atoms with Crippen molar-refractivity contribution in [1.82, 2.24) is 0 Å². The molecule has 1 fully saturated rings. The van der Waals surface area contributed by atoms with Crippen molar-refractivity contribution < 1.29 is 24.3 Å². The molecular weight excluding hydrogens is 270 g/mol. The molecule has 5 nitrogen and oxygen atoms in total. The van der Waals surface area contributed by atoms with Crippen molar-refractivity contribution in [2.24, 2.45) is 0 Å². The van der Waals surface area contributed by atoms with Crippen molar-refractivity contribution >= 4 is 5.97 Å². The van der Waals surface area contributed by atoms with E-state index in [9.17, 15) is 9.90 Å². The summed E-state index contributed by atoms with van der Waals surface area (Å²) in [5.74, 6) is 0.283. The van der Waals surface area contributed by atoms with Gasteiger partial charge in [0, 0.05) is 0 Å². The van der Waals surface area contributed by atoms with Crippen LogP contribution in [0.4, 0.5) is 0 Å². The molecule has 0 aliphatic carbocycles. The van der Waals surface area contributed by atoms with Gasteiger partial charge in [-0.15, -0.1) is 0 Å². The molecule has 1 atom stereocenters. The summed E-state index contributed by atoms with van der Waals surface area (Å²) in [5.41, 5.74) is 0.489. The van der Waals surface area contributed by atoms with E-state index in [1.165, 1.54) is 31.3 Å². The number of aliphatic hydroxyl groups is 1. The van der Waals surface area contributed by atoms with Crippen LogP contribution in [-0.4, -0.2) is 50.5 Å². The first-order valence-corrected chi connectivity index (χ1v) is 7.52. The SMILES string of the molecule is COC(=O)c1ccc(OCC(O)C[NH+]2CCCCC2)cc1. The number of esters is 1. The van der Waals surface area contributed by atoms with Gasteiger partial charge in [-0.3, -0.25) is 0 Å². The summed E-state index contributed by atoms with van der Waals surface area (Å²) in [6, 6.07) is 6.74. The zero-order valence-corrected chi connectivity index (χ0v) is 12.5. The number of carbonyl (C=O) groups is 1. The highest BCUT2D eigenvalue weighted by molar-refractivity contribution is 5.89. The van der Waals surface area contributed by atoms with E-state index in [4.69, 9.17) is 4.74 Å². The molecule has 0 saturated carbocycles. The van der Waals surface area contributed by atoms with Crippen LogP contribution in [0, 0.1) is 0 Å². The lowest BCUT2D eigenvalue weighted by atomic mass is 10.1. The van der Waals surface area contributed by atoms with Gasteiger partial charge >= 0.3 is 5.97 Å². The maximum Gasteiger partial charge on any atom is 0.337 e. The number of methoxy groups -OCH3 is 1. The highest BCUT2D eigenvalue weighted by Gasteiger charge is 2.18. The van der Waals surface area contributed by atoms with E-state index in [1.54, 1.807) is 24.3 Å². The second-order valence-corrected chi connectivity index (χ2v) is 5.50. The van der Waals surface area contributed by atoms with Crippen LogP contribution in [0.1, 0.15) is 29.6 Å². The van der Waals surface area contributed by atoms with Crippen LogP contribution < -0.4 is 9.64 Å². The van der Waals surface area contributed by atoms with Crippen molar-refractivity contribution in [2.75, 3.05) is 33.4 Å². The van der Waals surface area contributed by atoms with E-state index in [2.05, 4.69) is 4.74 Å². The first-order chi connectivity index (χ1) is 10.2. The van der Waals surface area contributed by atoms with Crippen LogP contribution in [0.2, 0.25) is 0 Å². The minimum absolute atomic E-state index is 0.279. The van der Waals surface area contributed by atoms with Crippen molar-refractivity contribution in [2.45, 2.75) is 25.4 Å². The quantitative estimate of drug-likeness (QED) is 0.740. The van der Waals surface area contributed by atoms with Crippen molar-refractivity contribution in [3.63, 3.8) is 0 Å². The Morgan fingerprint density at radius 1 is 1.24 bits per heavy atom. The van der Waals surface area contributed by atoms with Crippen molar-refractivity contribution in [3.8, 4) is 5.75 Å². The average molecular weight is 294 g/mol. The predicted octanol–water partition coefficient (Wildman–Crippen LogP) is 0.282. The molecule has 0 amide bonds. The first kappa shape index (κ1) is 15.8. The highest BCUT2D eigenvalue weighted by Crippen LogP contribution is 2.13. The van der Waals surface area contributed by atoms with Crippen molar-refractivity contribution in [3.05, 3.63) is 29.8 Å². The Morgan fingerprint density at radius 2 is 1.90 bits per heavy atom. The molecule has 5 heteroatoms. The van der Waals surface area contributed by atoms with Gasteiger partial charge < -0.3 is 19.5 Å². The molecule has 0 radical (unpaired) electrons. The molecule has 116 valence electrons. The smallest absolute Gasteiger partial charge is 0.337 e. The Kier molecular flexibility index (Phi) is 6.02. The number of likely N-dealkylation sites (tertiary alicyclic amines) is 1. The van der Waals surface area contributed by atoms with E-state index in [-0.39, 0.29) is 12.6 Å². The van der Waals surface area contributed by atoms with Gasteiger partial charge in [0.25, 0.3) is 0 Å². The maximum absolute atomic E-state index is 11.3. The zero-order valence-electron chi connectivity index (χ0n) is 12.5. The summed E-state index contributed by atoms with van der Waals surface area (Å²) < 4.78 is 10.2. The minimum atomic E-state index is -0.460. The Labute approximate surface area is 125 Å². The topological polar surface area (TPSA) is 60.2 Å². The maximum atomic E-state index is 11.3. The number of quaternary nitrogens is 1. The largest absolute Gasteiger partial charge is 0.491 e. The molecular formula is C16H24NO4+. The van der Waals surface area contributed by atoms with Gasteiger partial charge in [0.2, 0.25) is 0 Å². The zero-order chi connectivity index (χ0) is 15.1. The summed E-state index contributed by atoms with van der Waals surface area (Å²) >= 11 is 0. The van der Waals surface area contributed by atoms with Crippen LogP contribution in [-0.2, 0) is 4.74 Å². The lowest BCUT2D eigenvalue weighted by Crippen LogP contribution is -3.14. The molecule has 1 aliphatic heterocycles. The number of piperidine rings is 1. The first-order valence-electron chi connectivity index (χ1n) is 7.52. The molecule has 0 spiro atoms. The molecule has 1 heterocycles. The summed E-state index contributed by atoms with van der Waals surface area (Å²) in [4.78, 5) is 12.8. The predicted molar refractivity (Wildman–Crippen MR) is 78.7 cm³/mol. The minimum Gasteiger partial charge on any atom is -0.491 e. The number of rotatable bonds is 6. The van der Waals surface area contributed by atoms with E-state index >= 15 is 0 Å². The molecule has 1 unspecified atom stereocenters. The van der Waals surface area contributed by atoms with Gasteiger partial charge in [-0.1, -0.05) is 0 Å². The molecule has 1 aromatic carbocycles. The van der Waals surface area contributed by atoms with Gasteiger partial charge in [0.1, 0.15) is 25.0 Å². The molecule has 1 aromatic rings. The van der Waals surface area contributed by atoms with Gasteiger partial charge in [-0.05, 0) is 43.5 Å². The molecule has 1 aliphatic rings. The Balaban J connectivity index is 1.75. The lowest BCUT2D eigenvalue weighted by Gasteiger charge is -2.25. The number of carbonyl (C=O) groups excluding carboxylic acids is 1. The van der Waals surface area contributed by atoms with E-state index in [0.29, 0.717) is 11.3 Å². The van der Waals surface area contributed by atoms with Crippen LogP contribution in [0.5, 0.6) is 5.75 Å². The van der Waals surface area contributed by atoms with Crippen LogP contribution in [0.25, 0.3) is 0 Å². The fraction of sp³-hybridized carbons (Fsp3) is 0.562. The third-order valence-electron chi connectivity index (χ3n) is 3.80. The van der Waals surface area contributed by atoms with Crippen LogP contribution in [0.3, 0.4) is 0 Å². The second-order valence-electron chi connectivity index (χ2n) is 5.50. The number of nitrogens with one attached hydrogen (secondary N) is 1. The molecule has 2 N–H and O–H groups in total. The van der Waals surface area contributed by atoms with Gasteiger partial charge in [0.05, 0.1) is 25.8 Å². The van der Waals surface area contributed by atoms with Crippen LogP contribution in [0.15, 0.2) is 24.3 Å². The second kappa shape index (κ2) is 8.00. The summed E-state index contributed by atoms with van der Waals surface area (Å²) in [6.07, 6.45) is 3.34. The normalized spacial score (nSPS) is 17.2. The summed E-state index contributed by atoms with van der Waals surface area (Å²) in [7, 11) is 1.35. The van der Waals surface area contributed by atoms with Gasteiger partial charge in [-0.2, -0.15) is 0 Å². The number of ether oxygens (including phenoxy) is 2. The lowest BCUT2D eigenvalue weighted by molar-refractivity contribution is -0.908. The molecule has 21 heavy (non-hydrogen) atoms. The monoisotopic (exact) mass is 294 g/mol. The van der Waals surface area contributed by atoms with E-state index in [1.807, 2.05) is 0 Å². The summed E-state index contributed by atoms with van der Waals surface area (Å²) in [5, 5.41) is 10.0. The molecule has 0 bridgehead atoms. The van der Waals surface area contributed by atoms with Crippen molar-refractivity contribution in [1.29, 1.82) is 0 Å². The Morgan fingerprint density at radius 3 is 2.52 bits per heavy atom. The molecule has 0 aromatic heterocycles. The highest BCUT2D eigenvalue weighted by atomic mass is 16.5. The van der Waals surface area contributed by atoms with Gasteiger partial charge in [0.15, 0.2) is 0 Å². The Bertz CT molecular complexity index is 440. The van der Waals surface area contributed by atoms with E-state index < -0.39 is 6.10 Å². The third kappa shape index (κ3) is 5.02.